The minimum atomic E-state index is -4.87. The number of aromatic nitrogens is 2. The molecule has 0 spiro atoms. The summed E-state index contributed by atoms with van der Waals surface area (Å²) in [5.74, 6) is -1.31. The largest absolute Gasteiger partial charge is 0.507 e. The minimum Gasteiger partial charge on any atom is -0.421 e. The Kier molecular flexibility index (Phi) is 6.34. The second-order valence-electron chi connectivity index (χ2n) is 6.99. The number of hydrogen-bond donors (Lipinski definition) is 4. The molecule has 0 unspecified atom stereocenters. The maximum absolute atomic E-state index is 13.4. The van der Waals surface area contributed by atoms with E-state index in [-0.39, 0.29) is 22.9 Å². The molecule has 1 aliphatic heterocycles. The molecule has 4 rings (SSSR count). The zero-order valence-corrected chi connectivity index (χ0v) is 18.5. The maximum atomic E-state index is 13.4. The van der Waals surface area contributed by atoms with Crippen LogP contribution in [0.4, 0.5) is 39.7 Å². The summed E-state index contributed by atoms with van der Waals surface area (Å²) in [7, 11) is 1.47. The summed E-state index contributed by atoms with van der Waals surface area (Å²) in [6.07, 6.45) is -8.21. The van der Waals surface area contributed by atoms with Crippen LogP contribution in [0, 0.1) is 0 Å². The highest BCUT2D eigenvalue weighted by Crippen LogP contribution is 2.47. The van der Waals surface area contributed by atoms with Crippen molar-refractivity contribution in [3.63, 3.8) is 0 Å². The number of halogens is 4. The van der Waals surface area contributed by atoms with Crippen molar-refractivity contribution >= 4 is 40.6 Å². The molecule has 2 aromatic heterocycles. The van der Waals surface area contributed by atoms with Gasteiger partial charge in [-0.25, -0.2) is 14.8 Å². The van der Waals surface area contributed by atoms with Crippen molar-refractivity contribution in [3.05, 3.63) is 52.5 Å². The lowest BCUT2D eigenvalue weighted by Gasteiger charge is -2.31. The minimum absolute atomic E-state index is 0.0109. The molecule has 1 aromatic carbocycles. The Bertz CT molecular complexity index is 1270. The number of rotatable bonds is 6. The van der Waals surface area contributed by atoms with E-state index in [1.165, 1.54) is 24.8 Å². The first kappa shape index (κ1) is 24.0. The highest BCUT2D eigenvalue weighted by atomic mass is 32.1. The van der Waals surface area contributed by atoms with E-state index in [1.54, 1.807) is 12.1 Å². The van der Waals surface area contributed by atoms with E-state index >= 15 is 0 Å². The van der Waals surface area contributed by atoms with Crippen LogP contribution in [-0.2, 0) is 6.54 Å². The van der Waals surface area contributed by atoms with E-state index in [0.717, 1.165) is 29.0 Å². The molecule has 3 heterocycles. The number of anilines is 3. The number of pyridine rings is 1. The van der Waals surface area contributed by atoms with E-state index in [0.29, 0.717) is 5.82 Å². The van der Waals surface area contributed by atoms with Gasteiger partial charge in [-0.2, -0.15) is 17.6 Å². The molecule has 184 valence electrons. The van der Waals surface area contributed by atoms with E-state index in [1.807, 2.05) is 0 Å². The number of benzene rings is 1. The molecule has 0 aliphatic carbocycles. The van der Waals surface area contributed by atoms with Gasteiger partial charge in [0.05, 0.1) is 5.51 Å². The number of fused-ring (bicyclic) bond motifs is 1. The van der Waals surface area contributed by atoms with Gasteiger partial charge in [0.25, 0.3) is 5.91 Å². The molecule has 15 heteroatoms. The molecular weight excluding hydrogens is 496 g/mol. The topological polar surface area (TPSA) is 127 Å². The molecule has 0 fully saturated rings. The molecule has 0 saturated carbocycles. The lowest BCUT2D eigenvalue weighted by atomic mass is 10.2. The Morgan fingerprint density at radius 2 is 1.74 bits per heavy atom. The number of amides is 3. The van der Waals surface area contributed by atoms with Gasteiger partial charge in [-0.3, -0.25) is 10.1 Å². The predicted molar refractivity (Wildman–Crippen MR) is 117 cm³/mol. The third-order valence-corrected chi connectivity index (χ3v) is 5.37. The number of hydrogen-bond acceptors (Lipinski definition) is 8. The van der Waals surface area contributed by atoms with Gasteiger partial charge in [0, 0.05) is 31.5 Å². The van der Waals surface area contributed by atoms with Gasteiger partial charge < -0.3 is 25.4 Å². The summed E-state index contributed by atoms with van der Waals surface area (Å²) in [6.45, 7) is 0.238. The lowest BCUT2D eigenvalue weighted by molar-refractivity contribution is -0.391. The van der Waals surface area contributed by atoms with Crippen LogP contribution in [0.1, 0.15) is 15.2 Å². The monoisotopic (exact) mass is 512 g/mol. The van der Waals surface area contributed by atoms with Gasteiger partial charge in [-0.1, -0.05) is 0 Å². The Balaban J connectivity index is 1.43. The van der Waals surface area contributed by atoms with Crippen LogP contribution in [0.2, 0.25) is 0 Å². The number of carbonyl (C=O) groups excluding carboxylic acids is 2. The number of nitrogens with one attached hydrogen (secondary N) is 4. The van der Waals surface area contributed by atoms with E-state index in [9.17, 15) is 27.2 Å². The molecule has 0 saturated heterocycles. The van der Waals surface area contributed by atoms with Crippen molar-refractivity contribution in [3.8, 4) is 11.5 Å². The summed E-state index contributed by atoms with van der Waals surface area (Å²) >= 11 is 1.02. The summed E-state index contributed by atoms with van der Waals surface area (Å²) in [5.41, 5.74) is 2.17. The zero-order chi connectivity index (χ0) is 25.2. The molecule has 1 aliphatic rings. The SMILES string of the molecule is CNC(=O)Nc1cc(CNc2ncsc2C(=O)Nc2ccc3c(c2)OC(F)(F)C(F)(F)O3)ccn1. The van der Waals surface area contributed by atoms with Crippen LogP contribution in [0.5, 0.6) is 11.5 Å². The van der Waals surface area contributed by atoms with Crippen LogP contribution in [-0.4, -0.2) is 41.2 Å². The zero-order valence-electron chi connectivity index (χ0n) is 17.7. The molecule has 10 nitrogen and oxygen atoms in total. The van der Waals surface area contributed by atoms with E-state index < -0.39 is 35.7 Å². The Morgan fingerprint density at radius 1 is 1.00 bits per heavy atom. The van der Waals surface area contributed by atoms with Crippen LogP contribution >= 0.6 is 11.3 Å². The van der Waals surface area contributed by atoms with Gasteiger partial charge >= 0.3 is 18.2 Å². The number of thiazole rings is 1. The third-order valence-electron chi connectivity index (χ3n) is 4.54. The van der Waals surface area contributed by atoms with Gasteiger partial charge in [0.15, 0.2) is 11.5 Å². The second kappa shape index (κ2) is 9.25. The normalized spacial score (nSPS) is 15.1. The van der Waals surface area contributed by atoms with Crippen molar-refractivity contribution in [2.24, 2.45) is 0 Å². The molecular formula is C20H16F4N6O4S. The number of nitrogens with zero attached hydrogens (tertiary/aromatic N) is 2. The van der Waals surface area contributed by atoms with Crippen LogP contribution in [0.25, 0.3) is 0 Å². The fraction of sp³-hybridized carbons (Fsp3) is 0.200. The van der Waals surface area contributed by atoms with E-state index in [2.05, 4.69) is 40.7 Å². The summed E-state index contributed by atoms with van der Waals surface area (Å²) in [4.78, 5) is 32.5. The summed E-state index contributed by atoms with van der Waals surface area (Å²) in [5, 5.41) is 10.4. The average molecular weight is 512 g/mol. The second-order valence-corrected chi connectivity index (χ2v) is 7.85. The van der Waals surface area contributed by atoms with Crippen molar-refractivity contribution in [1.29, 1.82) is 0 Å². The lowest BCUT2D eigenvalue weighted by Crippen LogP contribution is -2.52. The summed E-state index contributed by atoms with van der Waals surface area (Å²) < 4.78 is 61.6. The quantitative estimate of drug-likeness (QED) is 0.366. The van der Waals surface area contributed by atoms with Crippen molar-refractivity contribution in [2.45, 2.75) is 18.8 Å². The van der Waals surface area contributed by atoms with Gasteiger partial charge in [0.1, 0.15) is 16.5 Å². The van der Waals surface area contributed by atoms with Gasteiger partial charge in [-0.05, 0) is 29.8 Å². The Morgan fingerprint density at radius 3 is 2.49 bits per heavy atom. The average Bonchev–Trinajstić information content (AvgIpc) is 3.27. The molecule has 0 radical (unpaired) electrons. The first-order chi connectivity index (χ1) is 16.6. The maximum Gasteiger partial charge on any atom is 0.507 e. The van der Waals surface area contributed by atoms with Crippen LogP contribution in [0.3, 0.4) is 0 Å². The number of alkyl halides is 4. The fourth-order valence-corrected chi connectivity index (χ4v) is 3.54. The number of ether oxygens (including phenoxy) is 2. The fourth-order valence-electron chi connectivity index (χ4n) is 2.88. The van der Waals surface area contributed by atoms with E-state index in [4.69, 9.17) is 0 Å². The molecule has 0 bridgehead atoms. The third kappa shape index (κ3) is 5.18. The van der Waals surface area contributed by atoms with Crippen LogP contribution < -0.4 is 30.7 Å². The first-order valence-corrected chi connectivity index (χ1v) is 10.7. The molecule has 4 N–H and O–H groups in total. The van der Waals surface area contributed by atoms with Crippen molar-refractivity contribution < 1.29 is 36.6 Å². The standard InChI is InChI=1S/C20H16F4N6O4S/c1-25-18(32)30-14-6-10(4-5-26-14)8-27-16-15(35-9-28-16)17(31)29-11-2-3-12-13(7-11)34-20(23,24)19(21,22)33-12/h2-7,9,27H,8H2,1H3,(H,29,31)(H2,25,26,30,32). The number of carbonyl (C=O) groups is 2. The number of urea groups is 1. The van der Waals surface area contributed by atoms with Crippen molar-refractivity contribution in [1.82, 2.24) is 15.3 Å². The smallest absolute Gasteiger partial charge is 0.421 e. The highest BCUT2D eigenvalue weighted by molar-refractivity contribution is 7.12. The molecule has 0 atom stereocenters. The summed E-state index contributed by atoms with van der Waals surface area (Å²) in [6, 6.07) is 6.02. The highest BCUT2D eigenvalue weighted by Gasteiger charge is 2.65. The molecule has 3 aromatic rings. The predicted octanol–water partition coefficient (Wildman–Crippen LogP) is 4.11. The van der Waals surface area contributed by atoms with Crippen LogP contribution in [0.15, 0.2) is 42.0 Å². The van der Waals surface area contributed by atoms with Gasteiger partial charge in [0.2, 0.25) is 0 Å². The Hall–Kier alpha value is -4.14. The first-order valence-electron chi connectivity index (χ1n) is 9.78. The molecule has 3 amide bonds. The van der Waals surface area contributed by atoms with Gasteiger partial charge in [-0.15, -0.1) is 11.3 Å². The Labute approximate surface area is 198 Å². The van der Waals surface area contributed by atoms with Crippen molar-refractivity contribution in [2.75, 3.05) is 23.0 Å². The molecule has 35 heavy (non-hydrogen) atoms.